The van der Waals surface area contributed by atoms with Crippen molar-refractivity contribution >= 4 is 11.7 Å². The number of anilines is 1. The first kappa shape index (κ1) is 13.6. The van der Waals surface area contributed by atoms with Crippen molar-refractivity contribution < 1.29 is 14.7 Å². The standard InChI is InChI=1S/C15H17N3O3/c1-3-10-14-13(15(19)21-4-2)16-9-17(14)11-7-5-6-8-12(11)18(10)20/h5-10,20H,3-4H2,1-2H3. The first-order chi connectivity index (χ1) is 10.2. The van der Waals surface area contributed by atoms with E-state index in [4.69, 9.17) is 4.74 Å². The Hall–Kier alpha value is -2.34. The van der Waals surface area contributed by atoms with Crippen LogP contribution in [0.2, 0.25) is 0 Å². The highest BCUT2D eigenvalue weighted by Crippen LogP contribution is 2.40. The Bertz CT molecular complexity index is 681. The molecule has 1 aliphatic rings. The molecule has 0 spiro atoms. The van der Waals surface area contributed by atoms with E-state index in [2.05, 4.69) is 4.98 Å². The number of nitrogens with zero attached hydrogens (tertiary/aromatic N) is 3. The summed E-state index contributed by atoms with van der Waals surface area (Å²) in [6, 6.07) is 7.13. The van der Waals surface area contributed by atoms with E-state index in [0.717, 1.165) is 5.69 Å². The summed E-state index contributed by atoms with van der Waals surface area (Å²) in [4.78, 5) is 16.3. The number of imidazole rings is 1. The van der Waals surface area contributed by atoms with Crippen molar-refractivity contribution in [2.75, 3.05) is 11.7 Å². The van der Waals surface area contributed by atoms with Crippen LogP contribution in [0, 0.1) is 0 Å². The van der Waals surface area contributed by atoms with Crippen molar-refractivity contribution in [1.82, 2.24) is 9.55 Å². The Labute approximate surface area is 122 Å². The van der Waals surface area contributed by atoms with Gasteiger partial charge in [-0.05, 0) is 25.5 Å². The number of para-hydroxylation sites is 2. The van der Waals surface area contributed by atoms with Gasteiger partial charge in [-0.2, -0.15) is 0 Å². The maximum absolute atomic E-state index is 12.1. The molecule has 21 heavy (non-hydrogen) atoms. The number of carbonyl (C=O) groups excluding carboxylic acids is 1. The second-order valence-corrected chi connectivity index (χ2v) is 4.83. The highest BCUT2D eigenvalue weighted by Gasteiger charge is 2.34. The largest absolute Gasteiger partial charge is 0.461 e. The van der Waals surface area contributed by atoms with E-state index in [0.29, 0.717) is 24.4 Å². The molecule has 1 atom stereocenters. The number of hydroxylamine groups is 1. The lowest BCUT2D eigenvalue weighted by Crippen LogP contribution is -2.32. The van der Waals surface area contributed by atoms with E-state index in [-0.39, 0.29) is 11.7 Å². The summed E-state index contributed by atoms with van der Waals surface area (Å²) < 4.78 is 6.90. The predicted molar refractivity (Wildman–Crippen MR) is 76.8 cm³/mol. The summed E-state index contributed by atoms with van der Waals surface area (Å²) in [5.74, 6) is -0.461. The molecule has 0 saturated carbocycles. The summed E-state index contributed by atoms with van der Waals surface area (Å²) in [5, 5.41) is 11.7. The Kier molecular flexibility index (Phi) is 3.39. The fourth-order valence-electron chi connectivity index (χ4n) is 2.74. The molecule has 2 aromatic rings. The van der Waals surface area contributed by atoms with Crippen molar-refractivity contribution in [2.24, 2.45) is 0 Å². The van der Waals surface area contributed by atoms with Gasteiger partial charge in [-0.25, -0.2) is 14.8 Å². The number of aromatic nitrogens is 2. The number of fused-ring (bicyclic) bond motifs is 3. The van der Waals surface area contributed by atoms with Crippen LogP contribution in [0.1, 0.15) is 42.5 Å². The van der Waals surface area contributed by atoms with Crippen LogP contribution in [0.25, 0.3) is 5.69 Å². The number of esters is 1. The summed E-state index contributed by atoms with van der Waals surface area (Å²) >= 11 is 0. The zero-order valence-corrected chi connectivity index (χ0v) is 12.0. The van der Waals surface area contributed by atoms with Gasteiger partial charge in [-0.15, -0.1) is 0 Å². The zero-order valence-electron chi connectivity index (χ0n) is 12.0. The van der Waals surface area contributed by atoms with Gasteiger partial charge < -0.3 is 4.74 Å². The first-order valence-electron chi connectivity index (χ1n) is 7.00. The first-order valence-corrected chi connectivity index (χ1v) is 7.00. The predicted octanol–water partition coefficient (Wildman–Crippen LogP) is 2.71. The highest BCUT2D eigenvalue weighted by atomic mass is 16.5. The number of benzene rings is 1. The van der Waals surface area contributed by atoms with Crippen molar-refractivity contribution in [3.8, 4) is 5.69 Å². The van der Waals surface area contributed by atoms with Gasteiger partial charge in [0, 0.05) is 0 Å². The molecule has 6 heteroatoms. The van der Waals surface area contributed by atoms with E-state index in [9.17, 15) is 10.0 Å². The summed E-state index contributed by atoms with van der Waals surface area (Å²) in [5.41, 5.74) is 2.42. The van der Waals surface area contributed by atoms with Crippen molar-refractivity contribution in [3.05, 3.63) is 42.0 Å². The second kappa shape index (κ2) is 5.21. The third-order valence-corrected chi connectivity index (χ3v) is 3.66. The Balaban J connectivity index is 2.19. The molecule has 0 radical (unpaired) electrons. The van der Waals surface area contributed by atoms with Gasteiger partial charge in [0.15, 0.2) is 5.69 Å². The summed E-state index contributed by atoms with van der Waals surface area (Å²) in [7, 11) is 0. The van der Waals surface area contributed by atoms with Gasteiger partial charge in [-0.1, -0.05) is 19.1 Å². The molecule has 6 nitrogen and oxygen atoms in total. The van der Waals surface area contributed by atoms with Gasteiger partial charge in [0.1, 0.15) is 6.33 Å². The van der Waals surface area contributed by atoms with Crippen molar-refractivity contribution in [1.29, 1.82) is 0 Å². The van der Waals surface area contributed by atoms with Crippen molar-refractivity contribution in [2.45, 2.75) is 26.3 Å². The molecule has 2 heterocycles. The van der Waals surface area contributed by atoms with Crippen LogP contribution >= 0.6 is 0 Å². The molecule has 1 unspecified atom stereocenters. The number of carbonyl (C=O) groups is 1. The highest BCUT2D eigenvalue weighted by molar-refractivity contribution is 5.89. The Morgan fingerprint density at radius 2 is 2.05 bits per heavy atom. The number of hydrogen-bond acceptors (Lipinski definition) is 5. The van der Waals surface area contributed by atoms with Gasteiger partial charge in [0.05, 0.1) is 29.7 Å². The normalized spacial score (nSPS) is 16.3. The zero-order chi connectivity index (χ0) is 15.0. The van der Waals surface area contributed by atoms with E-state index in [1.165, 1.54) is 5.06 Å². The minimum Gasteiger partial charge on any atom is -0.461 e. The SMILES string of the molecule is CCOC(=O)c1ncn2c1C(CC)N(O)c1ccccc1-2. The molecule has 0 saturated heterocycles. The molecule has 1 aliphatic heterocycles. The fourth-order valence-corrected chi connectivity index (χ4v) is 2.74. The van der Waals surface area contributed by atoms with Crippen LogP contribution in [-0.4, -0.2) is 27.3 Å². The fraction of sp³-hybridized carbons (Fsp3) is 0.333. The lowest BCUT2D eigenvalue weighted by atomic mass is 10.0. The van der Waals surface area contributed by atoms with Crippen LogP contribution < -0.4 is 5.06 Å². The summed E-state index contributed by atoms with van der Waals surface area (Å²) in [6.07, 6.45) is 2.25. The molecule has 1 aromatic carbocycles. The lowest BCUT2D eigenvalue weighted by molar-refractivity contribution is 0.0517. The molecule has 0 aliphatic carbocycles. The minimum absolute atomic E-state index is 0.261. The quantitative estimate of drug-likeness (QED) is 0.879. The Morgan fingerprint density at radius 3 is 2.71 bits per heavy atom. The van der Waals surface area contributed by atoms with Gasteiger partial charge in [-0.3, -0.25) is 9.77 Å². The van der Waals surface area contributed by atoms with Gasteiger partial charge in [0.2, 0.25) is 0 Å². The van der Waals surface area contributed by atoms with E-state index >= 15 is 0 Å². The molecule has 0 amide bonds. The molecule has 3 rings (SSSR count). The monoisotopic (exact) mass is 287 g/mol. The minimum atomic E-state index is -0.461. The van der Waals surface area contributed by atoms with E-state index in [1.807, 2.05) is 35.8 Å². The summed E-state index contributed by atoms with van der Waals surface area (Å²) in [6.45, 7) is 4.00. The van der Waals surface area contributed by atoms with Crippen LogP contribution in [0.4, 0.5) is 5.69 Å². The van der Waals surface area contributed by atoms with E-state index < -0.39 is 5.97 Å². The topological polar surface area (TPSA) is 67.6 Å². The van der Waals surface area contributed by atoms with Crippen molar-refractivity contribution in [3.63, 3.8) is 0 Å². The van der Waals surface area contributed by atoms with E-state index in [1.54, 1.807) is 13.3 Å². The number of rotatable bonds is 3. The van der Waals surface area contributed by atoms with Crippen LogP contribution in [0.15, 0.2) is 30.6 Å². The van der Waals surface area contributed by atoms with Crippen LogP contribution in [0.5, 0.6) is 0 Å². The molecule has 1 N–H and O–H groups in total. The number of hydrogen-bond donors (Lipinski definition) is 1. The average molecular weight is 287 g/mol. The maximum Gasteiger partial charge on any atom is 0.358 e. The van der Waals surface area contributed by atoms with Gasteiger partial charge >= 0.3 is 5.97 Å². The molecule has 1 aromatic heterocycles. The second-order valence-electron chi connectivity index (χ2n) is 4.83. The third kappa shape index (κ3) is 1.99. The Morgan fingerprint density at radius 1 is 1.33 bits per heavy atom. The number of ether oxygens (including phenoxy) is 1. The third-order valence-electron chi connectivity index (χ3n) is 3.66. The van der Waals surface area contributed by atoms with Crippen LogP contribution in [0.3, 0.4) is 0 Å². The molecule has 110 valence electrons. The molecule has 0 fully saturated rings. The van der Waals surface area contributed by atoms with Gasteiger partial charge in [0.25, 0.3) is 0 Å². The smallest absolute Gasteiger partial charge is 0.358 e. The average Bonchev–Trinajstić information content (AvgIpc) is 2.93. The molecule has 0 bridgehead atoms. The maximum atomic E-state index is 12.1. The lowest BCUT2D eigenvalue weighted by Gasteiger charge is -2.34. The molecular formula is C15H17N3O3. The van der Waals surface area contributed by atoms with Crippen LogP contribution in [-0.2, 0) is 4.74 Å². The molecular weight excluding hydrogens is 270 g/mol.